The van der Waals surface area contributed by atoms with Crippen molar-refractivity contribution in [2.24, 2.45) is 0 Å². The van der Waals surface area contributed by atoms with Crippen LogP contribution in [-0.4, -0.2) is 25.7 Å². The molecule has 1 atom stereocenters. The van der Waals surface area contributed by atoms with Crippen molar-refractivity contribution >= 4 is 21.6 Å². The molecule has 4 heteroatoms. The first-order valence-electron chi connectivity index (χ1n) is 5.82. The monoisotopic (exact) mass is 293 g/mol. The maximum Gasteiger partial charge on any atom is 0.0638 e. The van der Waals surface area contributed by atoms with Crippen LogP contribution in [-0.2, 0) is 0 Å². The summed E-state index contributed by atoms with van der Waals surface area (Å²) in [5, 5.41) is 12.1. The molecule has 1 fully saturated rings. The lowest BCUT2D eigenvalue weighted by molar-refractivity contribution is 0.462. The predicted octanol–water partition coefficient (Wildman–Crippen LogP) is 2.45. The smallest absolute Gasteiger partial charge is 0.0638 e. The largest absolute Gasteiger partial charge is 0.368 e. The number of nitriles is 1. The van der Waals surface area contributed by atoms with Gasteiger partial charge in [-0.15, -0.1) is 0 Å². The minimum absolute atomic E-state index is 0.280. The van der Waals surface area contributed by atoms with Crippen molar-refractivity contribution in [3.05, 3.63) is 28.2 Å². The highest BCUT2D eigenvalue weighted by molar-refractivity contribution is 9.10. The lowest BCUT2D eigenvalue weighted by Gasteiger charge is -2.35. The zero-order chi connectivity index (χ0) is 12.3. The quantitative estimate of drug-likeness (QED) is 0.910. The summed E-state index contributed by atoms with van der Waals surface area (Å²) in [6, 6.07) is 8.92. The number of benzene rings is 1. The van der Waals surface area contributed by atoms with E-state index in [4.69, 9.17) is 5.26 Å². The second kappa shape index (κ2) is 5.52. The van der Waals surface area contributed by atoms with Crippen LogP contribution in [0.3, 0.4) is 0 Å². The van der Waals surface area contributed by atoms with Crippen LogP contribution < -0.4 is 10.2 Å². The third kappa shape index (κ3) is 2.99. The molecular formula is C13H16BrN3. The van der Waals surface area contributed by atoms with Gasteiger partial charge in [0.25, 0.3) is 0 Å². The van der Waals surface area contributed by atoms with Crippen molar-refractivity contribution in [3.8, 4) is 6.07 Å². The Morgan fingerprint density at radius 1 is 1.59 bits per heavy atom. The number of nitrogens with zero attached hydrogens (tertiary/aromatic N) is 2. The lowest BCUT2D eigenvalue weighted by atomic mass is 10.1. The fourth-order valence-corrected chi connectivity index (χ4v) is 2.90. The summed E-state index contributed by atoms with van der Waals surface area (Å²) in [5.74, 6) is 0. The van der Waals surface area contributed by atoms with E-state index in [0.29, 0.717) is 6.42 Å². The number of rotatable bonds is 2. The Hall–Kier alpha value is -1.05. The maximum absolute atomic E-state index is 8.75. The van der Waals surface area contributed by atoms with Crippen LogP contribution in [0.25, 0.3) is 0 Å². The highest BCUT2D eigenvalue weighted by Crippen LogP contribution is 2.28. The number of piperazine rings is 1. The Morgan fingerprint density at radius 3 is 3.12 bits per heavy atom. The molecule has 1 aromatic rings. The van der Waals surface area contributed by atoms with E-state index >= 15 is 0 Å². The van der Waals surface area contributed by atoms with Crippen molar-refractivity contribution in [1.29, 1.82) is 5.26 Å². The van der Waals surface area contributed by atoms with Crippen LogP contribution in [0.4, 0.5) is 5.69 Å². The molecule has 2 rings (SSSR count). The van der Waals surface area contributed by atoms with Gasteiger partial charge in [0.1, 0.15) is 0 Å². The van der Waals surface area contributed by atoms with Crippen LogP contribution in [0.2, 0.25) is 0 Å². The van der Waals surface area contributed by atoms with Crippen LogP contribution in [0.15, 0.2) is 22.7 Å². The Bertz CT molecular complexity index is 439. The normalized spacial score (nSPS) is 20.1. The molecule has 1 saturated heterocycles. The summed E-state index contributed by atoms with van der Waals surface area (Å²) >= 11 is 3.61. The van der Waals surface area contributed by atoms with Crippen LogP contribution in [0.5, 0.6) is 0 Å². The molecule has 1 aliphatic heterocycles. The molecule has 1 unspecified atom stereocenters. The molecule has 1 aromatic carbocycles. The minimum atomic E-state index is 0.280. The summed E-state index contributed by atoms with van der Waals surface area (Å²) in [5.41, 5.74) is 2.48. The third-order valence-corrected chi connectivity index (χ3v) is 3.67. The average Bonchev–Trinajstić information content (AvgIpc) is 2.29. The van der Waals surface area contributed by atoms with Gasteiger partial charge in [-0.25, -0.2) is 0 Å². The molecule has 1 N–H and O–H groups in total. The number of halogens is 1. The summed E-state index contributed by atoms with van der Waals surface area (Å²) in [6.07, 6.45) is 0.569. The first kappa shape index (κ1) is 12.4. The van der Waals surface area contributed by atoms with E-state index in [2.05, 4.69) is 57.3 Å². The number of aryl methyl sites for hydroxylation is 1. The summed E-state index contributed by atoms with van der Waals surface area (Å²) < 4.78 is 1.13. The van der Waals surface area contributed by atoms with E-state index in [-0.39, 0.29) is 6.04 Å². The van der Waals surface area contributed by atoms with Gasteiger partial charge in [0.2, 0.25) is 0 Å². The van der Waals surface area contributed by atoms with Crippen molar-refractivity contribution in [1.82, 2.24) is 5.32 Å². The Balaban J connectivity index is 2.14. The van der Waals surface area contributed by atoms with Crippen molar-refractivity contribution < 1.29 is 0 Å². The Labute approximate surface area is 111 Å². The average molecular weight is 294 g/mol. The first-order chi connectivity index (χ1) is 8.20. The number of anilines is 1. The zero-order valence-electron chi connectivity index (χ0n) is 9.91. The molecule has 0 bridgehead atoms. The van der Waals surface area contributed by atoms with Crippen molar-refractivity contribution in [2.75, 3.05) is 24.5 Å². The number of nitrogens with one attached hydrogen (secondary N) is 1. The molecule has 1 aliphatic rings. The molecule has 17 heavy (non-hydrogen) atoms. The molecule has 3 nitrogen and oxygen atoms in total. The van der Waals surface area contributed by atoms with Gasteiger partial charge < -0.3 is 10.2 Å². The zero-order valence-corrected chi connectivity index (χ0v) is 11.5. The molecule has 1 heterocycles. The molecule has 0 spiro atoms. The van der Waals surface area contributed by atoms with E-state index in [1.807, 2.05) is 0 Å². The maximum atomic E-state index is 8.75. The fourth-order valence-electron chi connectivity index (χ4n) is 2.16. The van der Waals surface area contributed by atoms with Gasteiger partial charge in [0.15, 0.2) is 0 Å². The molecule has 90 valence electrons. The Morgan fingerprint density at radius 2 is 2.41 bits per heavy atom. The summed E-state index contributed by atoms with van der Waals surface area (Å²) in [6.45, 7) is 4.91. The topological polar surface area (TPSA) is 39.1 Å². The predicted molar refractivity (Wildman–Crippen MR) is 73.1 cm³/mol. The van der Waals surface area contributed by atoms with Crippen LogP contribution in [0.1, 0.15) is 12.0 Å². The second-order valence-corrected chi connectivity index (χ2v) is 5.27. The van der Waals surface area contributed by atoms with E-state index in [1.54, 1.807) is 0 Å². The summed E-state index contributed by atoms with van der Waals surface area (Å²) in [7, 11) is 0. The lowest BCUT2D eigenvalue weighted by Crippen LogP contribution is -2.50. The van der Waals surface area contributed by atoms with Gasteiger partial charge >= 0.3 is 0 Å². The summed E-state index contributed by atoms with van der Waals surface area (Å²) in [4.78, 5) is 2.34. The van der Waals surface area contributed by atoms with Crippen LogP contribution >= 0.6 is 15.9 Å². The van der Waals surface area contributed by atoms with E-state index in [9.17, 15) is 0 Å². The van der Waals surface area contributed by atoms with E-state index < -0.39 is 0 Å². The van der Waals surface area contributed by atoms with Crippen molar-refractivity contribution in [3.63, 3.8) is 0 Å². The highest BCUT2D eigenvalue weighted by Gasteiger charge is 2.20. The standard InChI is InChI=1S/C13H16BrN3/c1-10-2-3-13(12(14)8-10)17-7-6-16-11(9-17)4-5-15/h2-3,8,11,16H,4,6-7,9H2,1H3. The van der Waals surface area contributed by atoms with E-state index in [0.717, 1.165) is 24.1 Å². The number of hydrogen-bond acceptors (Lipinski definition) is 3. The van der Waals surface area contributed by atoms with Gasteiger partial charge in [-0.1, -0.05) is 6.07 Å². The SMILES string of the molecule is Cc1ccc(N2CCNC(CC#N)C2)c(Br)c1. The van der Waals surface area contributed by atoms with Gasteiger partial charge in [-0.2, -0.15) is 5.26 Å². The van der Waals surface area contributed by atoms with Gasteiger partial charge in [-0.05, 0) is 40.5 Å². The molecule has 0 aliphatic carbocycles. The van der Waals surface area contributed by atoms with E-state index in [1.165, 1.54) is 11.3 Å². The third-order valence-electron chi connectivity index (χ3n) is 3.04. The van der Waals surface area contributed by atoms with Crippen LogP contribution in [0, 0.1) is 18.3 Å². The Kier molecular flexibility index (Phi) is 4.03. The molecule has 0 saturated carbocycles. The molecule has 0 radical (unpaired) electrons. The van der Waals surface area contributed by atoms with Crippen molar-refractivity contribution in [2.45, 2.75) is 19.4 Å². The van der Waals surface area contributed by atoms with Gasteiger partial charge in [0.05, 0.1) is 18.2 Å². The van der Waals surface area contributed by atoms with Gasteiger partial charge in [-0.3, -0.25) is 0 Å². The fraction of sp³-hybridized carbons (Fsp3) is 0.462. The van der Waals surface area contributed by atoms with Gasteiger partial charge in [0, 0.05) is 30.1 Å². The first-order valence-corrected chi connectivity index (χ1v) is 6.61. The second-order valence-electron chi connectivity index (χ2n) is 4.41. The highest BCUT2D eigenvalue weighted by atomic mass is 79.9. The minimum Gasteiger partial charge on any atom is -0.368 e. The molecule has 0 aromatic heterocycles. The molecule has 0 amide bonds. The molecular weight excluding hydrogens is 278 g/mol. The number of hydrogen-bond donors (Lipinski definition) is 1.